The highest BCUT2D eigenvalue weighted by molar-refractivity contribution is 5.94. The van der Waals surface area contributed by atoms with E-state index in [0.717, 1.165) is 18.1 Å². The molecule has 0 spiro atoms. The Morgan fingerprint density at radius 2 is 2.08 bits per heavy atom. The molecular formula is C18H22N4O2. The van der Waals surface area contributed by atoms with Crippen molar-refractivity contribution in [2.45, 2.75) is 25.3 Å². The summed E-state index contributed by atoms with van der Waals surface area (Å²) in [6.07, 6.45) is 7.75. The van der Waals surface area contributed by atoms with Crippen molar-refractivity contribution in [2.75, 3.05) is 19.8 Å². The Morgan fingerprint density at radius 3 is 2.83 bits per heavy atom. The molecular weight excluding hydrogens is 304 g/mol. The number of pyridine rings is 1. The average molecular weight is 326 g/mol. The highest BCUT2D eigenvalue weighted by Crippen LogP contribution is 2.32. The minimum atomic E-state index is 0.0408. The molecule has 2 aromatic rings. The van der Waals surface area contributed by atoms with Crippen LogP contribution in [0.25, 0.3) is 0 Å². The fourth-order valence-corrected chi connectivity index (χ4v) is 3.39. The van der Waals surface area contributed by atoms with E-state index in [1.54, 1.807) is 24.5 Å². The molecule has 1 atom stereocenters. The van der Waals surface area contributed by atoms with Crippen molar-refractivity contribution < 1.29 is 9.53 Å². The van der Waals surface area contributed by atoms with Crippen molar-refractivity contribution in [3.05, 3.63) is 47.5 Å². The predicted molar refractivity (Wildman–Crippen MR) is 88.5 cm³/mol. The molecule has 0 N–H and O–H groups in total. The molecule has 6 nitrogen and oxygen atoms in total. The van der Waals surface area contributed by atoms with E-state index in [9.17, 15) is 4.79 Å². The van der Waals surface area contributed by atoms with Crippen molar-refractivity contribution >= 4 is 5.91 Å². The average Bonchev–Trinajstić information content (AvgIpc) is 3.36. The van der Waals surface area contributed by atoms with Crippen LogP contribution in [0.2, 0.25) is 0 Å². The summed E-state index contributed by atoms with van der Waals surface area (Å²) in [5.74, 6) is 0.957. The predicted octanol–water partition coefficient (Wildman–Crippen LogP) is 1.98. The fraction of sp³-hybridized carbons (Fsp3) is 0.500. The molecule has 0 radical (unpaired) electrons. The number of rotatable bonds is 5. The number of fused-ring (bicyclic) bond motifs is 1. The molecule has 2 aliphatic rings. The molecule has 1 fully saturated rings. The summed E-state index contributed by atoms with van der Waals surface area (Å²) in [5, 5.41) is 4.38. The Labute approximate surface area is 141 Å². The van der Waals surface area contributed by atoms with E-state index in [0.29, 0.717) is 25.3 Å². The van der Waals surface area contributed by atoms with Gasteiger partial charge in [-0.3, -0.25) is 14.5 Å². The van der Waals surface area contributed by atoms with Gasteiger partial charge in [0.1, 0.15) is 0 Å². The van der Waals surface area contributed by atoms with Gasteiger partial charge in [-0.25, -0.2) is 0 Å². The number of nitrogens with zero attached hydrogens (tertiary/aromatic N) is 4. The zero-order chi connectivity index (χ0) is 16.5. The van der Waals surface area contributed by atoms with Crippen molar-refractivity contribution in [1.82, 2.24) is 19.7 Å². The van der Waals surface area contributed by atoms with Crippen molar-refractivity contribution in [3.8, 4) is 0 Å². The molecule has 126 valence electrons. The summed E-state index contributed by atoms with van der Waals surface area (Å²) in [6.45, 7) is 2.74. The molecule has 0 saturated heterocycles. The Balaban J connectivity index is 1.52. The van der Waals surface area contributed by atoms with Crippen LogP contribution < -0.4 is 0 Å². The van der Waals surface area contributed by atoms with Gasteiger partial charge in [0, 0.05) is 56.2 Å². The number of aryl methyl sites for hydroxylation is 1. The molecule has 0 bridgehead atoms. The Morgan fingerprint density at radius 1 is 1.29 bits per heavy atom. The number of carbonyl (C=O) groups is 1. The first-order valence-electron chi connectivity index (χ1n) is 8.50. The third kappa shape index (κ3) is 3.06. The third-order valence-electron chi connectivity index (χ3n) is 4.84. The van der Waals surface area contributed by atoms with Crippen LogP contribution in [0.4, 0.5) is 0 Å². The van der Waals surface area contributed by atoms with E-state index in [-0.39, 0.29) is 11.8 Å². The molecule has 1 amide bonds. The Bertz CT molecular complexity index is 724. The highest BCUT2D eigenvalue weighted by Gasteiger charge is 2.32. The molecule has 3 heterocycles. The van der Waals surface area contributed by atoms with Crippen molar-refractivity contribution in [1.29, 1.82) is 0 Å². The van der Waals surface area contributed by atoms with Crippen LogP contribution >= 0.6 is 0 Å². The topological polar surface area (TPSA) is 60.2 Å². The van der Waals surface area contributed by atoms with Crippen LogP contribution in [-0.2, 0) is 18.3 Å². The van der Waals surface area contributed by atoms with Crippen molar-refractivity contribution in [2.24, 2.45) is 13.0 Å². The maximum Gasteiger partial charge on any atom is 0.254 e. The second kappa shape index (κ2) is 6.36. The van der Waals surface area contributed by atoms with E-state index in [1.165, 1.54) is 18.5 Å². The summed E-state index contributed by atoms with van der Waals surface area (Å²) in [5.41, 5.74) is 2.99. The third-order valence-corrected chi connectivity index (χ3v) is 4.84. The first-order chi connectivity index (χ1) is 11.7. The van der Waals surface area contributed by atoms with Gasteiger partial charge in [-0.2, -0.15) is 5.10 Å². The number of aromatic nitrogens is 3. The number of amides is 1. The molecule has 24 heavy (non-hydrogen) atoms. The fourth-order valence-electron chi connectivity index (χ4n) is 3.39. The molecule has 1 aliphatic heterocycles. The summed E-state index contributed by atoms with van der Waals surface area (Å²) in [4.78, 5) is 18.7. The molecule has 2 aromatic heterocycles. The minimum Gasteiger partial charge on any atom is -0.380 e. The van der Waals surface area contributed by atoms with E-state index in [4.69, 9.17) is 4.74 Å². The summed E-state index contributed by atoms with van der Waals surface area (Å²) >= 11 is 0. The molecule has 1 saturated carbocycles. The summed E-state index contributed by atoms with van der Waals surface area (Å²) in [6, 6.07) is 3.53. The van der Waals surface area contributed by atoms with E-state index in [2.05, 4.69) is 10.1 Å². The molecule has 1 aliphatic carbocycles. The van der Waals surface area contributed by atoms with Gasteiger partial charge in [0.25, 0.3) is 5.91 Å². The molecule has 4 rings (SSSR count). The van der Waals surface area contributed by atoms with Gasteiger partial charge in [-0.1, -0.05) is 0 Å². The zero-order valence-electron chi connectivity index (χ0n) is 13.9. The molecule has 0 aromatic carbocycles. The maximum atomic E-state index is 12.8. The number of carbonyl (C=O) groups excluding carboxylic acids is 1. The monoisotopic (exact) mass is 326 g/mol. The van der Waals surface area contributed by atoms with Crippen LogP contribution in [-0.4, -0.2) is 45.3 Å². The molecule has 6 heteroatoms. The van der Waals surface area contributed by atoms with Gasteiger partial charge < -0.3 is 9.64 Å². The van der Waals surface area contributed by atoms with Gasteiger partial charge in [0.15, 0.2) is 0 Å². The van der Waals surface area contributed by atoms with Crippen LogP contribution in [0, 0.1) is 5.92 Å². The highest BCUT2D eigenvalue weighted by atomic mass is 16.5. The molecule has 0 unspecified atom stereocenters. The largest absolute Gasteiger partial charge is 0.380 e. The lowest BCUT2D eigenvalue weighted by atomic mass is 9.96. The van der Waals surface area contributed by atoms with Crippen LogP contribution in [0.15, 0.2) is 30.7 Å². The van der Waals surface area contributed by atoms with Crippen LogP contribution in [0.3, 0.4) is 0 Å². The zero-order valence-corrected chi connectivity index (χ0v) is 13.9. The minimum absolute atomic E-state index is 0.0408. The second-order valence-electron chi connectivity index (χ2n) is 6.78. The maximum absolute atomic E-state index is 12.8. The van der Waals surface area contributed by atoms with Crippen LogP contribution in [0.1, 0.15) is 40.4 Å². The normalized spacial score (nSPS) is 20.0. The van der Waals surface area contributed by atoms with Gasteiger partial charge in [-0.15, -0.1) is 0 Å². The quantitative estimate of drug-likeness (QED) is 0.843. The first kappa shape index (κ1) is 15.3. The first-order valence-corrected chi connectivity index (χ1v) is 8.50. The van der Waals surface area contributed by atoms with Gasteiger partial charge in [-0.05, 0) is 30.9 Å². The van der Waals surface area contributed by atoms with Crippen molar-refractivity contribution in [3.63, 3.8) is 0 Å². The van der Waals surface area contributed by atoms with Gasteiger partial charge >= 0.3 is 0 Å². The van der Waals surface area contributed by atoms with E-state index < -0.39 is 0 Å². The van der Waals surface area contributed by atoms with Gasteiger partial charge in [0.2, 0.25) is 0 Å². The number of hydrogen-bond acceptors (Lipinski definition) is 4. The Kier molecular flexibility index (Phi) is 4.06. The lowest BCUT2D eigenvalue weighted by Crippen LogP contribution is -2.40. The lowest BCUT2D eigenvalue weighted by molar-refractivity contribution is 0.0621. The number of ether oxygens (including phenoxy) is 1. The SMILES string of the molecule is Cn1ncc2c1[C@H](COCC1CC1)CN(C(=O)c1ccncc1)C2. The van der Waals surface area contributed by atoms with E-state index >= 15 is 0 Å². The Hall–Kier alpha value is -2.21. The summed E-state index contributed by atoms with van der Waals surface area (Å²) < 4.78 is 7.85. The standard InChI is InChI=1S/C18H22N4O2/c1-21-17-15(8-20-21)9-22(18(23)14-4-6-19-7-5-14)10-16(17)12-24-11-13-2-3-13/h4-8,13,16H,2-3,9-12H2,1H3/t16-/m0/s1. The van der Waals surface area contributed by atoms with Gasteiger partial charge in [0.05, 0.1) is 18.5 Å². The van der Waals surface area contributed by atoms with Crippen LogP contribution in [0.5, 0.6) is 0 Å². The second-order valence-corrected chi connectivity index (χ2v) is 6.78. The van der Waals surface area contributed by atoms with E-state index in [1.807, 2.05) is 22.8 Å². The smallest absolute Gasteiger partial charge is 0.254 e. The summed E-state index contributed by atoms with van der Waals surface area (Å²) in [7, 11) is 1.97. The number of hydrogen-bond donors (Lipinski definition) is 0. The lowest BCUT2D eigenvalue weighted by Gasteiger charge is -2.33.